The molecule has 37 heavy (non-hydrogen) atoms. The van der Waals surface area contributed by atoms with Crippen molar-refractivity contribution in [1.29, 1.82) is 0 Å². The minimum absolute atomic E-state index is 0.180. The Morgan fingerprint density at radius 3 is 2.51 bits per heavy atom. The first-order valence-corrected chi connectivity index (χ1v) is 14.5. The van der Waals surface area contributed by atoms with Gasteiger partial charge in [0.25, 0.3) is 0 Å². The molecule has 0 radical (unpaired) electrons. The van der Waals surface area contributed by atoms with Gasteiger partial charge in [-0.2, -0.15) is 0 Å². The number of aryl methyl sites for hydroxylation is 1. The predicted octanol–water partition coefficient (Wildman–Crippen LogP) is 4.57. The predicted molar refractivity (Wildman–Crippen MR) is 139 cm³/mol. The standard InChI is InChI=1S/C28H34N2O6S/c1-20-16-22(26-4-2-3-5-27(26)29-20)18-34-24-6-8-25(9-7-24)37(32,33)19-23(30-31)17-21-10-12-28(13-11-21)35-14-15-36-28/h2-9,16,21,23,30-31H,10-15,17-19H2,1H3. The second-order valence-electron chi connectivity index (χ2n) is 10.1. The minimum atomic E-state index is -3.60. The van der Waals surface area contributed by atoms with Crippen LogP contribution >= 0.6 is 0 Å². The maximum atomic E-state index is 13.1. The Kier molecular flexibility index (Phi) is 7.78. The summed E-state index contributed by atoms with van der Waals surface area (Å²) in [6.45, 7) is 3.57. The zero-order valence-corrected chi connectivity index (χ0v) is 21.9. The Balaban J connectivity index is 1.18. The van der Waals surface area contributed by atoms with Crippen LogP contribution in [0.15, 0.2) is 59.5 Å². The van der Waals surface area contributed by atoms with Gasteiger partial charge in [0.1, 0.15) is 12.4 Å². The molecule has 198 valence electrons. The molecule has 1 spiro atoms. The van der Waals surface area contributed by atoms with Crippen molar-refractivity contribution in [3.05, 3.63) is 65.9 Å². The number of aromatic nitrogens is 1. The molecule has 2 N–H and O–H groups in total. The van der Waals surface area contributed by atoms with Crippen LogP contribution in [-0.2, 0) is 25.9 Å². The third-order valence-corrected chi connectivity index (χ3v) is 9.24. The molecule has 5 rings (SSSR count). The molecule has 1 saturated carbocycles. The highest BCUT2D eigenvalue weighted by molar-refractivity contribution is 7.91. The van der Waals surface area contributed by atoms with E-state index in [1.807, 2.05) is 37.3 Å². The number of hydrogen-bond donors (Lipinski definition) is 2. The largest absolute Gasteiger partial charge is 0.489 e. The first-order valence-electron chi connectivity index (χ1n) is 12.8. The van der Waals surface area contributed by atoms with Crippen molar-refractivity contribution >= 4 is 20.7 Å². The van der Waals surface area contributed by atoms with Crippen LogP contribution in [0.2, 0.25) is 0 Å². The van der Waals surface area contributed by atoms with Gasteiger partial charge in [0.05, 0.1) is 29.4 Å². The van der Waals surface area contributed by atoms with Crippen molar-refractivity contribution in [2.75, 3.05) is 19.0 Å². The first-order chi connectivity index (χ1) is 17.9. The molecule has 1 atom stereocenters. The Bertz CT molecular complexity index is 1310. The molecule has 1 aliphatic heterocycles. The summed E-state index contributed by atoms with van der Waals surface area (Å²) in [5.41, 5.74) is 5.09. The van der Waals surface area contributed by atoms with Gasteiger partial charge in [0.2, 0.25) is 0 Å². The molecule has 9 heteroatoms. The molecule has 1 saturated heterocycles. The smallest absolute Gasteiger partial charge is 0.179 e. The van der Waals surface area contributed by atoms with Crippen LogP contribution < -0.4 is 10.2 Å². The number of ether oxygens (including phenoxy) is 3. The average molecular weight is 527 g/mol. The second-order valence-corrected chi connectivity index (χ2v) is 12.1. The second kappa shape index (κ2) is 11.0. The van der Waals surface area contributed by atoms with E-state index >= 15 is 0 Å². The maximum absolute atomic E-state index is 13.1. The average Bonchev–Trinajstić information content (AvgIpc) is 3.36. The first kappa shape index (κ1) is 26.1. The molecule has 0 bridgehead atoms. The van der Waals surface area contributed by atoms with Crippen molar-refractivity contribution in [3.63, 3.8) is 0 Å². The van der Waals surface area contributed by atoms with Crippen LogP contribution in [0.3, 0.4) is 0 Å². The summed E-state index contributed by atoms with van der Waals surface area (Å²) in [4.78, 5) is 4.77. The SMILES string of the molecule is Cc1cc(COc2ccc(S(=O)(=O)CC(CC3CCC4(CC3)OCCO4)NO)cc2)c2ccccc2n1. The molecule has 2 fully saturated rings. The molecule has 2 aromatic carbocycles. The van der Waals surface area contributed by atoms with E-state index in [0.717, 1.165) is 47.8 Å². The van der Waals surface area contributed by atoms with Gasteiger partial charge in [0, 0.05) is 35.5 Å². The zero-order chi connectivity index (χ0) is 25.9. The molecule has 3 aromatic rings. The van der Waals surface area contributed by atoms with Crippen LogP contribution in [0.1, 0.15) is 43.4 Å². The Morgan fingerprint density at radius 2 is 1.81 bits per heavy atom. The molecular weight excluding hydrogens is 492 g/mol. The highest BCUT2D eigenvalue weighted by Gasteiger charge is 2.40. The lowest BCUT2D eigenvalue weighted by atomic mass is 9.82. The van der Waals surface area contributed by atoms with Gasteiger partial charge in [-0.05, 0) is 68.5 Å². The molecule has 1 aromatic heterocycles. The summed E-state index contributed by atoms with van der Waals surface area (Å²) in [5.74, 6) is 0.266. The van der Waals surface area contributed by atoms with E-state index in [9.17, 15) is 13.6 Å². The van der Waals surface area contributed by atoms with Gasteiger partial charge >= 0.3 is 0 Å². The fourth-order valence-corrected chi connectivity index (χ4v) is 6.96. The maximum Gasteiger partial charge on any atom is 0.179 e. The Labute approximate surface area is 217 Å². The van der Waals surface area contributed by atoms with E-state index < -0.39 is 21.7 Å². The lowest BCUT2D eigenvalue weighted by Crippen LogP contribution is -2.39. The highest BCUT2D eigenvalue weighted by atomic mass is 32.2. The number of hydroxylamine groups is 1. The normalized spacial score (nSPS) is 18.9. The zero-order valence-electron chi connectivity index (χ0n) is 21.1. The number of fused-ring (bicyclic) bond motifs is 1. The van der Waals surface area contributed by atoms with E-state index in [0.29, 0.717) is 37.9 Å². The number of hydrogen-bond acceptors (Lipinski definition) is 8. The number of nitrogens with zero attached hydrogens (tertiary/aromatic N) is 1. The number of sulfone groups is 1. The quantitative estimate of drug-likeness (QED) is 0.391. The minimum Gasteiger partial charge on any atom is -0.489 e. The summed E-state index contributed by atoms with van der Waals surface area (Å²) in [6, 6.07) is 15.9. The van der Waals surface area contributed by atoms with Crippen LogP contribution in [0, 0.1) is 12.8 Å². The van der Waals surface area contributed by atoms with E-state index in [2.05, 4.69) is 10.5 Å². The fraction of sp³-hybridized carbons (Fsp3) is 0.464. The molecule has 1 unspecified atom stereocenters. The van der Waals surface area contributed by atoms with Crippen molar-refractivity contribution in [2.24, 2.45) is 5.92 Å². The van der Waals surface area contributed by atoms with Gasteiger partial charge in [-0.15, -0.1) is 0 Å². The number of pyridine rings is 1. The number of benzene rings is 2. The van der Waals surface area contributed by atoms with E-state index in [4.69, 9.17) is 14.2 Å². The van der Waals surface area contributed by atoms with Crippen molar-refractivity contribution in [1.82, 2.24) is 10.5 Å². The van der Waals surface area contributed by atoms with Crippen LogP contribution in [0.25, 0.3) is 10.9 Å². The molecular formula is C28H34N2O6S. The Hall–Kier alpha value is -2.56. The van der Waals surface area contributed by atoms with Gasteiger partial charge in [-0.3, -0.25) is 4.98 Å². The summed E-state index contributed by atoms with van der Waals surface area (Å²) in [6.07, 6.45) is 3.96. The van der Waals surface area contributed by atoms with Gasteiger partial charge in [-0.1, -0.05) is 18.2 Å². The van der Waals surface area contributed by atoms with E-state index in [1.54, 1.807) is 24.3 Å². The fourth-order valence-electron chi connectivity index (χ4n) is 5.48. The molecule has 1 aliphatic carbocycles. The van der Waals surface area contributed by atoms with Crippen LogP contribution in [0.4, 0.5) is 0 Å². The van der Waals surface area contributed by atoms with E-state index in [1.165, 1.54) is 0 Å². The molecule has 8 nitrogen and oxygen atoms in total. The lowest BCUT2D eigenvalue weighted by Gasteiger charge is -2.36. The Morgan fingerprint density at radius 1 is 1.11 bits per heavy atom. The third-order valence-electron chi connectivity index (χ3n) is 7.41. The topological polar surface area (TPSA) is 107 Å². The molecule has 2 aliphatic rings. The number of para-hydroxylation sites is 1. The lowest BCUT2D eigenvalue weighted by molar-refractivity contribution is -0.183. The van der Waals surface area contributed by atoms with Crippen molar-refractivity contribution in [3.8, 4) is 5.75 Å². The highest BCUT2D eigenvalue weighted by Crippen LogP contribution is 2.39. The van der Waals surface area contributed by atoms with E-state index in [-0.39, 0.29) is 10.6 Å². The number of nitrogens with one attached hydrogen (secondary N) is 1. The van der Waals surface area contributed by atoms with Crippen LogP contribution in [-0.4, -0.2) is 49.4 Å². The van der Waals surface area contributed by atoms with Crippen LogP contribution in [0.5, 0.6) is 5.75 Å². The summed E-state index contributed by atoms with van der Waals surface area (Å²) in [5, 5.41) is 10.7. The van der Waals surface area contributed by atoms with Crippen molar-refractivity contribution < 1.29 is 27.8 Å². The summed E-state index contributed by atoms with van der Waals surface area (Å²) in [7, 11) is -3.60. The number of rotatable bonds is 9. The molecule has 0 amide bonds. The van der Waals surface area contributed by atoms with Gasteiger partial charge in [0.15, 0.2) is 15.6 Å². The summed E-state index contributed by atoms with van der Waals surface area (Å²) < 4.78 is 43.7. The van der Waals surface area contributed by atoms with Gasteiger partial charge < -0.3 is 19.4 Å². The van der Waals surface area contributed by atoms with Gasteiger partial charge in [-0.25, -0.2) is 13.9 Å². The third kappa shape index (κ3) is 6.13. The summed E-state index contributed by atoms with van der Waals surface area (Å²) >= 11 is 0. The van der Waals surface area contributed by atoms with Crippen molar-refractivity contribution in [2.45, 2.75) is 62.4 Å². The molecule has 2 heterocycles. The monoisotopic (exact) mass is 526 g/mol.